The van der Waals surface area contributed by atoms with E-state index >= 15 is 0 Å². The van der Waals surface area contributed by atoms with Gasteiger partial charge in [0.05, 0.1) is 0 Å². The van der Waals surface area contributed by atoms with Crippen LogP contribution in [0, 0.1) is 5.41 Å². The van der Waals surface area contributed by atoms with Crippen molar-refractivity contribution in [3.63, 3.8) is 0 Å². The summed E-state index contributed by atoms with van der Waals surface area (Å²) >= 11 is 1.79. The Balaban J connectivity index is 2.20. The third-order valence-corrected chi connectivity index (χ3v) is 4.54. The van der Waals surface area contributed by atoms with E-state index in [1.54, 1.807) is 11.3 Å². The Morgan fingerprint density at radius 2 is 2.46 bits per heavy atom. The fourth-order valence-electron chi connectivity index (χ4n) is 2.39. The summed E-state index contributed by atoms with van der Waals surface area (Å²) < 4.78 is 0. The number of nitrogens with two attached hydrogens (primary N) is 1. The molecule has 0 aliphatic heterocycles. The molecule has 72 valence electrons. The smallest absolute Gasteiger partial charge is 0.0105 e. The molecule has 0 radical (unpaired) electrons. The first-order valence-corrected chi connectivity index (χ1v) is 5.90. The van der Waals surface area contributed by atoms with Crippen LogP contribution >= 0.6 is 11.3 Å². The van der Waals surface area contributed by atoms with Crippen molar-refractivity contribution < 1.29 is 0 Å². The highest BCUT2D eigenvalue weighted by Gasteiger charge is 2.48. The van der Waals surface area contributed by atoms with Gasteiger partial charge in [-0.1, -0.05) is 13.8 Å². The van der Waals surface area contributed by atoms with Crippen LogP contribution in [0.3, 0.4) is 0 Å². The zero-order valence-electron chi connectivity index (χ0n) is 8.29. The lowest BCUT2D eigenvalue weighted by molar-refractivity contribution is 0.0709. The highest BCUT2D eigenvalue weighted by atomic mass is 32.1. The van der Waals surface area contributed by atoms with E-state index in [-0.39, 0.29) is 0 Å². The van der Waals surface area contributed by atoms with Gasteiger partial charge in [0.1, 0.15) is 0 Å². The number of rotatable bonds is 2. The first-order valence-electron chi connectivity index (χ1n) is 4.96. The number of hydrogen-bond donors (Lipinski definition) is 1. The zero-order chi connectivity index (χ0) is 9.47. The second-order valence-electron chi connectivity index (χ2n) is 4.31. The molecular weight excluding hydrogens is 178 g/mol. The predicted octanol–water partition coefficient (Wildman–Crippen LogP) is 2.98. The molecule has 0 amide bonds. The molecular formula is C11H17NS. The highest BCUT2D eigenvalue weighted by molar-refractivity contribution is 7.08. The highest BCUT2D eigenvalue weighted by Crippen LogP contribution is 2.54. The molecule has 13 heavy (non-hydrogen) atoms. The van der Waals surface area contributed by atoms with Crippen LogP contribution in [0.1, 0.15) is 38.2 Å². The predicted molar refractivity (Wildman–Crippen MR) is 58.1 cm³/mol. The largest absolute Gasteiger partial charge is 0.327 e. The van der Waals surface area contributed by atoms with E-state index in [0.29, 0.717) is 17.4 Å². The van der Waals surface area contributed by atoms with Gasteiger partial charge in [0.25, 0.3) is 0 Å². The second-order valence-corrected chi connectivity index (χ2v) is 5.09. The Hall–Kier alpha value is -0.340. The van der Waals surface area contributed by atoms with Gasteiger partial charge < -0.3 is 5.73 Å². The van der Waals surface area contributed by atoms with E-state index in [9.17, 15) is 0 Å². The minimum atomic E-state index is 0.348. The Morgan fingerprint density at radius 1 is 1.69 bits per heavy atom. The molecule has 1 fully saturated rings. The minimum absolute atomic E-state index is 0.348. The second kappa shape index (κ2) is 3.10. The van der Waals surface area contributed by atoms with Gasteiger partial charge in [0, 0.05) is 6.04 Å². The molecule has 0 aromatic carbocycles. The quantitative estimate of drug-likeness (QED) is 0.771. The average molecular weight is 195 g/mol. The normalized spacial score (nSPS) is 38.7. The van der Waals surface area contributed by atoms with E-state index in [1.807, 2.05) is 0 Å². The molecule has 3 unspecified atom stereocenters. The van der Waals surface area contributed by atoms with Gasteiger partial charge in [0.15, 0.2) is 0 Å². The molecule has 2 N–H and O–H groups in total. The standard InChI is InChI=1S/C11H17NS/c1-3-11(2)9(6-10(11)12)8-4-5-13-7-8/h4-5,7,9-10H,3,6,12H2,1-2H3. The van der Waals surface area contributed by atoms with Crippen molar-refractivity contribution in [2.24, 2.45) is 11.1 Å². The molecule has 1 aliphatic carbocycles. The maximum Gasteiger partial charge on any atom is 0.0105 e. The van der Waals surface area contributed by atoms with Gasteiger partial charge in [-0.25, -0.2) is 0 Å². The topological polar surface area (TPSA) is 26.0 Å². The third kappa shape index (κ3) is 1.24. The first-order chi connectivity index (χ1) is 6.18. The van der Waals surface area contributed by atoms with E-state index in [2.05, 4.69) is 30.7 Å². The monoisotopic (exact) mass is 195 g/mol. The lowest BCUT2D eigenvalue weighted by Gasteiger charge is -2.52. The summed E-state index contributed by atoms with van der Waals surface area (Å²) in [7, 11) is 0. The summed E-state index contributed by atoms with van der Waals surface area (Å²) in [6.45, 7) is 4.57. The van der Waals surface area contributed by atoms with Crippen LogP contribution in [0.4, 0.5) is 0 Å². The molecule has 1 aromatic heterocycles. The maximum absolute atomic E-state index is 6.07. The minimum Gasteiger partial charge on any atom is -0.327 e. The number of hydrogen-bond acceptors (Lipinski definition) is 2. The molecule has 0 saturated heterocycles. The Morgan fingerprint density at radius 3 is 2.92 bits per heavy atom. The summed E-state index contributed by atoms with van der Waals surface area (Å²) in [5.41, 5.74) is 7.91. The van der Waals surface area contributed by atoms with Crippen molar-refractivity contribution in [1.29, 1.82) is 0 Å². The van der Waals surface area contributed by atoms with E-state index in [4.69, 9.17) is 5.73 Å². The molecule has 0 bridgehead atoms. The van der Waals surface area contributed by atoms with Crippen molar-refractivity contribution in [3.05, 3.63) is 22.4 Å². The first kappa shape index (κ1) is 9.22. The van der Waals surface area contributed by atoms with Crippen molar-refractivity contribution in [2.45, 2.75) is 38.6 Å². The fraction of sp³-hybridized carbons (Fsp3) is 0.636. The van der Waals surface area contributed by atoms with Crippen molar-refractivity contribution in [1.82, 2.24) is 0 Å². The van der Waals surface area contributed by atoms with Gasteiger partial charge in [-0.15, -0.1) is 0 Å². The lowest BCUT2D eigenvalue weighted by atomic mass is 9.55. The SMILES string of the molecule is CCC1(C)C(N)CC1c1ccsc1. The van der Waals surface area contributed by atoms with Gasteiger partial charge in [-0.3, -0.25) is 0 Å². The molecule has 1 aliphatic rings. The van der Waals surface area contributed by atoms with Crippen LogP contribution in [-0.2, 0) is 0 Å². The Kier molecular flexibility index (Phi) is 2.20. The van der Waals surface area contributed by atoms with Crippen molar-refractivity contribution in [2.75, 3.05) is 0 Å². The average Bonchev–Trinajstić information content (AvgIpc) is 2.65. The van der Waals surface area contributed by atoms with Gasteiger partial charge in [-0.2, -0.15) is 11.3 Å². The third-order valence-electron chi connectivity index (χ3n) is 3.84. The lowest BCUT2D eigenvalue weighted by Crippen LogP contribution is -2.54. The van der Waals surface area contributed by atoms with Crippen molar-refractivity contribution >= 4 is 11.3 Å². The molecule has 1 saturated carbocycles. The van der Waals surface area contributed by atoms with Crippen LogP contribution in [0.2, 0.25) is 0 Å². The summed E-state index contributed by atoms with van der Waals surface area (Å²) in [5.74, 6) is 0.707. The van der Waals surface area contributed by atoms with Crippen LogP contribution in [-0.4, -0.2) is 6.04 Å². The molecule has 2 heteroatoms. The molecule has 1 heterocycles. The molecule has 3 atom stereocenters. The van der Waals surface area contributed by atoms with Crippen molar-refractivity contribution in [3.8, 4) is 0 Å². The summed E-state index contributed by atoms with van der Waals surface area (Å²) in [6.07, 6.45) is 2.36. The summed E-state index contributed by atoms with van der Waals surface area (Å²) in [5, 5.41) is 4.43. The maximum atomic E-state index is 6.07. The Labute approximate surface area is 84.0 Å². The van der Waals surface area contributed by atoms with E-state index in [1.165, 1.54) is 18.4 Å². The molecule has 0 spiro atoms. The van der Waals surface area contributed by atoms with Crippen LogP contribution in [0.5, 0.6) is 0 Å². The van der Waals surface area contributed by atoms with E-state index in [0.717, 1.165) is 0 Å². The summed E-state index contributed by atoms with van der Waals surface area (Å²) in [4.78, 5) is 0. The Bertz CT molecular complexity index is 280. The molecule has 1 nitrogen and oxygen atoms in total. The molecule has 2 rings (SSSR count). The van der Waals surface area contributed by atoms with Gasteiger partial charge >= 0.3 is 0 Å². The van der Waals surface area contributed by atoms with E-state index < -0.39 is 0 Å². The van der Waals surface area contributed by atoms with Crippen LogP contribution in [0.25, 0.3) is 0 Å². The van der Waals surface area contributed by atoms with Gasteiger partial charge in [0.2, 0.25) is 0 Å². The van der Waals surface area contributed by atoms with Crippen LogP contribution in [0.15, 0.2) is 16.8 Å². The number of thiophene rings is 1. The van der Waals surface area contributed by atoms with Gasteiger partial charge in [-0.05, 0) is 46.6 Å². The van der Waals surface area contributed by atoms with Crippen LogP contribution < -0.4 is 5.73 Å². The zero-order valence-corrected chi connectivity index (χ0v) is 9.10. The molecule has 1 aromatic rings. The summed E-state index contributed by atoms with van der Waals surface area (Å²) in [6, 6.07) is 2.65. The fourth-order valence-corrected chi connectivity index (χ4v) is 3.10.